The summed E-state index contributed by atoms with van der Waals surface area (Å²) in [6.07, 6.45) is 1.29. The number of nitrogens with one attached hydrogen (secondary N) is 1. The summed E-state index contributed by atoms with van der Waals surface area (Å²) in [6.45, 7) is 1.48. The summed E-state index contributed by atoms with van der Waals surface area (Å²) in [5.74, 6) is -1.48. The van der Waals surface area contributed by atoms with Gasteiger partial charge in [-0.2, -0.15) is 0 Å². The van der Waals surface area contributed by atoms with Crippen LogP contribution in [0.15, 0.2) is 30.5 Å². The van der Waals surface area contributed by atoms with Crippen LogP contribution in [0.4, 0.5) is 0 Å². The molecule has 0 radical (unpaired) electrons. The van der Waals surface area contributed by atoms with Crippen LogP contribution in [-0.4, -0.2) is 32.0 Å². The molecule has 0 aliphatic heterocycles. The van der Waals surface area contributed by atoms with Crippen molar-refractivity contribution in [2.45, 2.75) is 19.5 Å². The second-order valence-electron chi connectivity index (χ2n) is 4.44. The minimum atomic E-state index is -1.05. The van der Waals surface area contributed by atoms with Crippen LogP contribution in [0.1, 0.15) is 29.0 Å². The standard InChI is InChI=1S/C13H13ClN4O3/c1-8(9-2-4-10(14)5-3-9)15-13(21)11-6-18(17-16-11)7-12(19)20/h2-6,8H,7H2,1H3,(H,15,21)(H,19,20). The number of aromatic nitrogens is 3. The van der Waals surface area contributed by atoms with Crippen LogP contribution in [-0.2, 0) is 11.3 Å². The zero-order valence-electron chi connectivity index (χ0n) is 11.2. The summed E-state index contributed by atoms with van der Waals surface area (Å²) in [7, 11) is 0. The van der Waals surface area contributed by atoms with E-state index in [0.717, 1.165) is 10.2 Å². The highest BCUT2D eigenvalue weighted by Gasteiger charge is 2.15. The third-order valence-electron chi connectivity index (χ3n) is 2.79. The van der Waals surface area contributed by atoms with Crippen molar-refractivity contribution in [3.05, 3.63) is 46.7 Å². The lowest BCUT2D eigenvalue weighted by Crippen LogP contribution is -2.27. The van der Waals surface area contributed by atoms with Crippen LogP contribution < -0.4 is 5.32 Å². The average Bonchev–Trinajstić information content (AvgIpc) is 2.87. The molecule has 1 atom stereocenters. The van der Waals surface area contributed by atoms with Crippen LogP contribution in [0.25, 0.3) is 0 Å². The zero-order chi connectivity index (χ0) is 15.4. The monoisotopic (exact) mass is 308 g/mol. The quantitative estimate of drug-likeness (QED) is 0.872. The van der Waals surface area contributed by atoms with E-state index in [9.17, 15) is 9.59 Å². The first-order valence-corrected chi connectivity index (χ1v) is 6.52. The van der Waals surface area contributed by atoms with Crippen molar-refractivity contribution >= 4 is 23.5 Å². The summed E-state index contributed by atoms with van der Waals surface area (Å²) in [5.41, 5.74) is 0.961. The van der Waals surface area contributed by atoms with Gasteiger partial charge in [0.15, 0.2) is 5.69 Å². The molecule has 7 nitrogen and oxygen atoms in total. The van der Waals surface area contributed by atoms with E-state index in [1.54, 1.807) is 12.1 Å². The Morgan fingerprint density at radius 1 is 1.38 bits per heavy atom. The minimum Gasteiger partial charge on any atom is -0.480 e. The maximum Gasteiger partial charge on any atom is 0.325 e. The van der Waals surface area contributed by atoms with Crippen molar-refractivity contribution in [1.82, 2.24) is 20.3 Å². The molecule has 110 valence electrons. The molecule has 21 heavy (non-hydrogen) atoms. The highest BCUT2D eigenvalue weighted by atomic mass is 35.5. The lowest BCUT2D eigenvalue weighted by molar-refractivity contribution is -0.137. The van der Waals surface area contributed by atoms with Gasteiger partial charge in [-0.05, 0) is 24.6 Å². The van der Waals surface area contributed by atoms with Gasteiger partial charge in [0.1, 0.15) is 6.54 Å². The number of hydrogen-bond acceptors (Lipinski definition) is 4. The number of amides is 1. The first kappa shape index (κ1) is 15.0. The van der Waals surface area contributed by atoms with Gasteiger partial charge in [-0.1, -0.05) is 28.9 Å². The van der Waals surface area contributed by atoms with Gasteiger partial charge in [-0.25, -0.2) is 4.68 Å². The first-order chi connectivity index (χ1) is 9.95. The van der Waals surface area contributed by atoms with E-state index in [0.29, 0.717) is 5.02 Å². The van der Waals surface area contributed by atoms with Crippen LogP contribution in [0, 0.1) is 0 Å². The predicted octanol–water partition coefficient (Wildman–Crippen LogP) is 1.51. The Balaban J connectivity index is 2.02. The average molecular weight is 309 g/mol. The Kier molecular flexibility index (Phi) is 4.54. The van der Waals surface area contributed by atoms with E-state index >= 15 is 0 Å². The summed E-state index contributed by atoms with van der Waals surface area (Å²) in [4.78, 5) is 22.5. The van der Waals surface area contributed by atoms with Crippen LogP contribution in [0.5, 0.6) is 0 Å². The van der Waals surface area contributed by atoms with Crippen molar-refractivity contribution in [3.8, 4) is 0 Å². The summed E-state index contributed by atoms with van der Waals surface area (Å²) in [5, 5.41) is 19.2. The highest BCUT2D eigenvalue weighted by molar-refractivity contribution is 6.30. The van der Waals surface area contributed by atoms with Crippen molar-refractivity contribution in [2.24, 2.45) is 0 Å². The molecule has 0 saturated heterocycles. The van der Waals surface area contributed by atoms with Gasteiger partial charge in [0.2, 0.25) is 0 Å². The first-order valence-electron chi connectivity index (χ1n) is 6.14. The van der Waals surface area contributed by atoms with E-state index in [2.05, 4.69) is 15.6 Å². The number of carboxylic acids is 1. The van der Waals surface area contributed by atoms with Gasteiger partial charge in [0.05, 0.1) is 12.2 Å². The van der Waals surface area contributed by atoms with Gasteiger partial charge in [-0.15, -0.1) is 5.10 Å². The molecule has 0 aliphatic carbocycles. The fourth-order valence-corrected chi connectivity index (χ4v) is 1.85. The molecule has 2 aromatic rings. The third-order valence-corrected chi connectivity index (χ3v) is 3.04. The molecule has 1 aromatic heterocycles. The Labute approximate surface area is 125 Å². The molecule has 1 aromatic carbocycles. The molecule has 1 heterocycles. The highest BCUT2D eigenvalue weighted by Crippen LogP contribution is 2.16. The molecule has 0 bridgehead atoms. The fourth-order valence-electron chi connectivity index (χ4n) is 1.72. The number of nitrogens with zero attached hydrogens (tertiary/aromatic N) is 3. The Hall–Kier alpha value is -2.41. The number of carbonyl (C=O) groups is 2. The van der Waals surface area contributed by atoms with Gasteiger partial charge in [-0.3, -0.25) is 9.59 Å². The molecule has 8 heteroatoms. The molecular weight excluding hydrogens is 296 g/mol. The Bertz CT molecular complexity index is 654. The maximum absolute atomic E-state index is 12.0. The van der Waals surface area contributed by atoms with Crippen LogP contribution in [0.2, 0.25) is 5.02 Å². The van der Waals surface area contributed by atoms with Crippen molar-refractivity contribution in [3.63, 3.8) is 0 Å². The predicted molar refractivity (Wildman–Crippen MR) is 75.0 cm³/mol. The number of carboxylic acid groups (broad SMARTS) is 1. The lowest BCUT2D eigenvalue weighted by atomic mass is 10.1. The third kappa shape index (κ3) is 4.03. The maximum atomic E-state index is 12.0. The van der Waals surface area contributed by atoms with Crippen molar-refractivity contribution in [1.29, 1.82) is 0 Å². The topological polar surface area (TPSA) is 97.1 Å². The molecule has 1 unspecified atom stereocenters. The summed E-state index contributed by atoms with van der Waals surface area (Å²) < 4.78 is 1.09. The molecule has 0 saturated carbocycles. The molecule has 1 amide bonds. The number of benzene rings is 1. The van der Waals surface area contributed by atoms with E-state index < -0.39 is 11.9 Å². The van der Waals surface area contributed by atoms with E-state index in [1.807, 2.05) is 19.1 Å². The Morgan fingerprint density at radius 2 is 2.05 bits per heavy atom. The molecule has 0 spiro atoms. The zero-order valence-corrected chi connectivity index (χ0v) is 11.9. The minimum absolute atomic E-state index is 0.0667. The normalized spacial score (nSPS) is 11.9. The second-order valence-corrected chi connectivity index (χ2v) is 4.88. The van der Waals surface area contributed by atoms with E-state index in [4.69, 9.17) is 16.7 Å². The van der Waals surface area contributed by atoms with Crippen molar-refractivity contribution in [2.75, 3.05) is 0 Å². The molecule has 2 N–H and O–H groups in total. The lowest BCUT2D eigenvalue weighted by Gasteiger charge is -2.13. The van der Waals surface area contributed by atoms with E-state index in [1.165, 1.54) is 6.20 Å². The molecule has 0 aliphatic rings. The molecule has 2 rings (SSSR count). The van der Waals surface area contributed by atoms with Crippen LogP contribution >= 0.6 is 11.6 Å². The molecule has 0 fully saturated rings. The Morgan fingerprint density at radius 3 is 2.67 bits per heavy atom. The second kappa shape index (κ2) is 6.36. The van der Waals surface area contributed by atoms with Crippen LogP contribution in [0.3, 0.4) is 0 Å². The summed E-state index contributed by atoms with van der Waals surface area (Å²) in [6, 6.07) is 6.87. The number of aliphatic carboxylic acids is 1. The number of carbonyl (C=O) groups excluding carboxylic acids is 1. The number of rotatable bonds is 5. The summed E-state index contributed by atoms with van der Waals surface area (Å²) >= 11 is 5.81. The largest absolute Gasteiger partial charge is 0.480 e. The van der Waals surface area contributed by atoms with Gasteiger partial charge in [0.25, 0.3) is 5.91 Å². The number of hydrogen-bond donors (Lipinski definition) is 2. The molecular formula is C13H13ClN4O3. The fraction of sp³-hybridized carbons (Fsp3) is 0.231. The SMILES string of the molecule is CC(NC(=O)c1cn(CC(=O)O)nn1)c1ccc(Cl)cc1. The van der Waals surface area contributed by atoms with Gasteiger partial charge >= 0.3 is 5.97 Å². The number of halogens is 1. The van der Waals surface area contributed by atoms with Gasteiger partial charge < -0.3 is 10.4 Å². The smallest absolute Gasteiger partial charge is 0.325 e. The van der Waals surface area contributed by atoms with Crippen molar-refractivity contribution < 1.29 is 14.7 Å². The van der Waals surface area contributed by atoms with E-state index in [-0.39, 0.29) is 18.3 Å². The van der Waals surface area contributed by atoms with Gasteiger partial charge in [0, 0.05) is 5.02 Å².